The van der Waals surface area contributed by atoms with Crippen LogP contribution < -0.4 is 11.1 Å². The first-order chi connectivity index (χ1) is 10.7. The third-order valence-corrected chi connectivity index (χ3v) is 4.96. The van der Waals surface area contributed by atoms with Gasteiger partial charge in [-0.2, -0.15) is 0 Å². The lowest BCUT2D eigenvalue weighted by Gasteiger charge is -2.33. The number of hydrogen-bond acceptors (Lipinski definition) is 8. The molecule has 0 aromatic carbocycles. The Morgan fingerprint density at radius 2 is 2.05 bits per heavy atom. The molecule has 0 saturated carbocycles. The second-order valence-electron chi connectivity index (χ2n) is 5.10. The van der Waals surface area contributed by atoms with Gasteiger partial charge in [0.25, 0.3) is 0 Å². The molecule has 1 aliphatic heterocycles. The van der Waals surface area contributed by atoms with Gasteiger partial charge in [0.1, 0.15) is 0 Å². The molecule has 2 aromatic heterocycles. The predicted molar refractivity (Wildman–Crippen MR) is 89.0 cm³/mol. The van der Waals surface area contributed by atoms with E-state index in [1.54, 1.807) is 6.20 Å². The summed E-state index contributed by atoms with van der Waals surface area (Å²) >= 11 is 2.97. The highest BCUT2D eigenvalue weighted by atomic mass is 32.1. The first-order valence-electron chi connectivity index (χ1n) is 7.03. The number of nitrogens with two attached hydrogens (primary N) is 1. The average molecular weight is 338 g/mol. The highest BCUT2D eigenvalue weighted by Gasteiger charge is 2.19. The molecular weight excluding hydrogens is 320 g/mol. The molecular formula is C13H18N6OS2. The minimum absolute atomic E-state index is 0.00127. The van der Waals surface area contributed by atoms with Crippen LogP contribution in [0.2, 0.25) is 0 Å². The van der Waals surface area contributed by atoms with E-state index < -0.39 is 0 Å². The van der Waals surface area contributed by atoms with Crippen LogP contribution in [-0.2, 0) is 11.3 Å². The largest absolute Gasteiger partial charge is 0.375 e. The maximum absolute atomic E-state index is 11.9. The zero-order valence-electron chi connectivity index (χ0n) is 12.1. The number of aromatic nitrogens is 2. The SMILES string of the molecule is Nc1ncc(CN2CCN(CC(=O)Nc3nccs3)CC2)s1. The van der Waals surface area contributed by atoms with Gasteiger partial charge in [0.2, 0.25) is 5.91 Å². The molecule has 2 aromatic rings. The molecule has 3 N–H and O–H groups in total. The van der Waals surface area contributed by atoms with Crippen molar-refractivity contribution in [2.75, 3.05) is 43.8 Å². The number of anilines is 2. The molecule has 0 atom stereocenters. The molecule has 3 rings (SSSR count). The zero-order valence-corrected chi connectivity index (χ0v) is 13.7. The standard InChI is InChI=1S/C13H18N6OS2/c14-12-16-7-10(22-12)8-18-2-4-19(5-3-18)9-11(20)17-13-15-1-6-21-13/h1,6-7H,2-5,8-9H2,(H2,14,16)(H,15,17,20). The molecule has 1 aliphatic rings. The topological polar surface area (TPSA) is 87.4 Å². The van der Waals surface area contributed by atoms with Gasteiger partial charge < -0.3 is 11.1 Å². The van der Waals surface area contributed by atoms with E-state index in [4.69, 9.17) is 5.73 Å². The summed E-state index contributed by atoms with van der Waals surface area (Å²) in [5, 5.41) is 5.94. The summed E-state index contributed by atoms with van der Waals surface area (Å²) in [6, 6.07) is 0. The fourth-order valence-electron chi connectivity index (χ4n) is 2.37. The number of carbonyl (C=O) groups is 1. The highest BCUT2D eigenvalue weighted by Crippen LogP contribution is 2.17. The Morgan fingerprint density at radius 3 is 2.68 bits per heavy atom. The lowest BCUT2D eigenvalue weighted by molar-refractivity contribution is -0.117. The Balaban J connectivity index is 1.40. The monoisotopic (exact) mass is 338 g/mol. The molecule has 118 valence electrons. The van der Waals surface area contributed by atoms with Crippen LogP contribution in [0.1, 0.15) is 4.88 Å². The fourth-order valence-corrected chi connectivity index (χ4v) is 3.64. The van der Waals surface area contributed by atoms with E-state index in [1.165, 1.54) is 27.6 Å². The van der Waals surface area contributed by atoms with Crippen molar-refractivity contribution in [3.05, 3.63) is 22.7 Å². The number of nitrogen functional groups attached to an aromatic ring is 1. The minimum Gasteiger partial charge on any atom is -0.375 e. The van der Waals surface area contributed by atoms with Gasteiger partial charge in [-0.3, -0.25) is 14.6 Å². The fraction of sp³-hybridized carbons (Fsp3) is 0.462. The first kappa shape index (κ1) is 15.3. The minimum atomic E-state index is -0.00127. The van der Waals surface area contributed by atoms with Gasteiger partial charge >= 0.3 is 0 Å². The van der Waals surface area contributed by atoms with Crippen molar-refractivity contribution in [3.63, 3.8) is 0 Å². The number of carbonyl (C=O) groups excluding carboxylic acids is 1. The van der Waals surface area contributed by atoms with Crippen LogP contribution in [0.5, 0.6) is 0 Å². The highest BCUT2D eigenvalue weighted by molar-refractivity contribution is 7.15. The second kappa shape index (κ2) is 7.14. The molecule has 1 fully saturated rings. The van der Waals surface area contributed by atoms with E-state index in [1.807, 2.05) is 11.6 Å². The molecule has 0 unspecified atom stereocenters. The van der Waals surface area contributed by atoms with Gasteiger partial charge in [0, 0.05) is 55.4 Å². The number of nitrogens with zero attached hydrogens (tertiary/aromatic N) is 4. The first-order valence-corrected chi connectivity index (χ1v) is 8.73. The molecule has 0 bridgehead atoms. The maximum Gasteiger partial charge on any atom is 0.240 e. The summed E-state index contributed by atoms with van der Waals surface area (Å²) in [5.41, 5.74) is 5.65. The molecule has 3 heterocycles. The lowest BCUT2D eigenvalue weighted by Crippen LogP contribution is -2.48. The molecule has 0 spiro atoms. The third-order valence-electron chi connectivity index (χ3n) is 3.46. The van der Waals surface area contributed by atoms with E-state index in [0.29, 0.717) is 16.8 Å². The van der Waals surface area contributed by atoms with Crippen molar-refractivity contribution in [1.82, 2.24) is 19.8 Å². The number of amides is 1. The molecule has 0 radical (unpaired) electrons. The van der Waals surface area contributed by atoms with Crippen molar-refractivity contribution in [1.29, 1.82) is 0 Å². The molecule has 7 nitrogen and oxygen atoms in total. The van der Waals surface area contributed by atoms with Crippen LogP contribution >= 0.6 is 22.7 Å². The van der Waals surface area contributed by atoms with Gasteiger partial charge in [-0.25, -0.2) is 9.97 Å². The average Bonchev–Trinajstić information content (AvgIpc) is 3.13. The molecule has 1 amide bonds. The van der Waals surface area contributed by atoms with Crippen molar-refractivity contribution >= 4 is 38.8 Å². The maximum atomic E-state index is 11.9. The molecule has 22 heavy (non-hydrogen) atoms. The van der Waals surface area contributed by atoms with Gasteiger partial charge in [-0.05, 0) is 0 Å². The Kier molecular flexibility index (Phi) is 4.98. The van der Waals surface area contributed by atoms with E-state index in [2.05, 4.69) is 25.1 Å². The van der Waals surface area contributed by atoms with Crippen molar-refractivity contribution in [2.24, 2.45) is 0 Å². The predicted octanol–water partition coefficient (Wildman–Crippen LogP) is 0.938. The number of piperazine rings is 1. The second-order valence-corrected chi connectivity index (χ2v) is 7.14. The van der Waals surface area contributed by atoms with Crippen LogP contribution in [0, 0.1) is 0 Å². The van der Waals surface area contributed by atoms with Crippen molar-refractivity contribution < 1.29 is 4.79 Å². The molecule has 0 aliphatic carbocycles. The normalized spacial score (nSPS) is 16.7. The van der Waals surface area contributed by atoms with Gasteiger partial charge in [0.05, 0.1) is 6.54 Å². The Hall–Kier alpha value is -1.55. The van der Waals surface area contributed by atoms with E-state index >= 15 is 0 Å². The number of thiazole rings is 2. The molecule has 9 heteroatoms. The Bertz CT molecular complexity index is 606. The van der Waals surface area contributed by atoms with Crippen LogP contribution in [-0.4, -0.2) is 58.4 Å². The van der Waals surface area contributed by atoms with Crippen LogP contribution in [0.4, 0.5) is 10.3 Å². The van der Waals surface area contributed by atoms with Crippen LogP contribution in [0.3, 0.4) is 0 Å². The van der Waals surface area contributed by atoms with E-state index in [9.17, 15) is 4.79 Å². The van der Waals surface area contributed by atoms with Crippen LogP contribution in [0.15, 0.2) is 17.8 Å². The lowest BCUT2D eigenvalue weighted by atomic mass is 10.3. The smallest absolute Gasteiger partial charge is 0.240 e. The van der Waals surface area contributed by atoms with E-state index in [-0.39, 0.29) is 5.91 Å². The summed E-state index contributed by atoms with van der Waals surface area (Å²) in [6.07, 6.45) is 3.53. The summed E-state index contributed by atoms with van der Waals surface area (Å²) in [7, 11) is 0. The van der Waals surface area contributed by atoms with E-state index in [0.717, 1.165) is 32.7 Å². The number of nitrogens with one attached hydrogen (secondary N) is 1. The Morgan fingerprint density at radius 1 is 1.27 bits per heavy atom. The summed E-state index contributed by atoms with van der Waals surface area (Å²) in [6.45, 7) is 4.97. The number of hydrogen-bond donors (Lipinski definition) is 2. The summed E-state index contributed by atoms with van der Waals surface area (Å²) in [5.74, 6) is -0.00127. The number of rotatable bonds is 5. The summed E-state index contributed by atoms with van der Waals surface area (Å²) in [4.78, 5) is 25.8. The van der Waals surface area contributed by atoms with Gasteiger partial charge in [0.15, 0.2) is 10.3 Å². The Labute approximate surface area is 136 Å². The summed E-state index contributed by atoms with van der Waals surface area (Å²) < 4.78 is 0. The van der Waals surface area contributed by atoms with Crippen LogP contribution in [0.25, 0.3) is 0 Å². The zero-order chi connectivity index (χ0) is 15.4. The van der Waals surface area contributed by atoms with Gasteiger partial charge in [-0.1, -0.05) is 0 Å². The molecule has 1 saturated heterocycles. The van der Waals surface area contributed by atoms with Crippen molar-refractivity contribution in [3.8, 4) is 0 Å². The quantitative estimate of drug-likeness (QED) is 0.844. The van der Waals surface area contributed by atoms with Gasteiger partial charge in [-0.15, -0.1) is 22.7 Å². The van der Waals surface area contributed by atoms with Crippen molar-refractivity contribution in [2.45, 2.75) is 6.54 Å². The third kappa shape index (κ3) is 4.23.